The molecular formula is C11H12O4S. The zero-order chi connectivity index (χ0) is 11.8. The first-order chi connectivity index (χ1) is 7.64. The summed E-state index contributed by atoms with van der Waals surface area (Å²) in [6.45, 7) is 0. The van der Waals surface area contributed by atoms with Gasteiger partial charge in [-0.25, -0.2) is 0 Å². The summed E-state index contributed by atoms with van der Waals surface area (Å²) >= 11 is 1.58. The zero-order valence-corrected chi connectivity index (χ0v) is 9.93. The lowest BCUT2D eigenvalue weighted by molar-refractivity contribution is -0.168. The first-order valence-electron chi connectivity index (χ1n) is 4.85. The van der Waals surface area contributed by atoms with E-state index in [0.29, 0.717) is 12.8 Å². The van der Waals surface area contributed by atoms with Crippen LogP contribution in [0.4, 0.5) is 0 Å². The molecule has 0 aromatic carbocycles. The Bertz CT molecular complexity index is 396. The summed E-state index contributed by atoms with van der Waals surface area (Å²) in [5.74, 6) is -1.03. The highest BCUT2D eigenvalue weighted by molar-refractivity contribution is 7.08. The van der Waals surface area contributed by atoms with Crippen molar-refractivity contribution >= 4 is 23.3 Å². The van der Waals surface area contributed by atoms with Crippen LogP contribution in [0.3, 0.4) is 0 Å². The Morgan fingerprint density at radius 2 is 1.56 bits per heavy atom. The molecule has 0 spiro atoms. The van der Waals surface area contributed by atoms with E-state index in [-0.39, 0.29) is 0 Å². The standard InChI is InChI=1S/C11H12O4S/c1-14-9(12)11(10(13)15-2)3-7-5-16-6-8(7)4-11/h5-6H,3-4H2,1-2H3. The molecule has 0 atom stereocenters. The Hall–Kier alpha value is -1.36. The molecule has 1 aromatic heterocycles. The second kappa shape index (κ2) is 3.90. The largest absolute Gasteiger partial charge is 0.468 e. The average Bonchev–Trinajstić information content (AvgIpc) is 2.85. The zero-order valence-electron chi connectivity index (χ0n) is 9.11. The second-order valence-corrected chi connectivity index (χ2v) is 4.58. The number of fused-ring (bicyclic) bond motifs is 1. The van der Waals surface area contributed by atoms with Gasteiger partial charge in [-0.15, -0.1) is 0 Å². The van der Waals surface area contributed by atoms with Crippen molar-refractivity contribution in [1.82, 2.24) is 0 Å². The highest BCUT2D eigenvalue weighted by Crippen LogP contribution is 2.40. The molecule has 0 aliphatic heterocycles. The fourth-order valence-electron chi connectivity index (χ4n) is 2.14. The van der Waals surface area contributed by atoms with Gasteiger partial charge >= 0.3 is 11.9 Å². The van der Waals surface area contributed by atoms with Gasteiger partial charge in [0.2, 0.25) is 0 Å². The average molecular weight is 240 g/mol. The molecule has 1 aromatic rings. The summed E-state index contributed by atoms with van der Waals surface area (Å²) in [6.07, 6.45) is 0.760. The number of thiophene rings is 1. The van der Waals surface area contributed by atoms with Crippen molar-refractivity contribution in [3.63, 3.8) is 0 Å². The number of hydrogen-bond acceptors (Lipinski definition) is 5. The third kappa shape index (κ3) is 1.43. The summed E-state index contributed by atoms with van der Waals surface area (Å²) in [5.41, 5.74) is 0.920. The van der Waals surface area contributed by atoms with E-state index in [4.69, 9.17) is 9.47 Å². The third-order valence-corrected chi connectivity index (χ3v) is 3.81. The topological polar surface area (TPSA) is 52.6 Å². The molecule has 1 aliphatic carbocycles. The number of hydrogen-bond donors (Lipinski definition) is 0. The van der Waals surface area contributed by atoms with E-state index in [1.165, 1.54) is 14.2 Å². The van der Waals surface area contributed by atoms with Gasteiger partial charge in [0.15, 0.2) is 5.41 Å². The number of methoxy groups -OCH3 is 2. The first-order valence-corrected chi connectivity index (χ1v) is 5.79. The minimum Gasteiger partial charge on any atom is -0.468 e. The van der Waals surface area contributed by atoms with Gasteiger partial charge in [-0.3, -0.25) is 9.59 Å². The van der Waals surface area contributed by atoms with Gasteiger partial charge in [0.25, 0.3) is 0 Å². The lowest BCUT2D eigenvalue weighted by atomic mass is 9.85. The normalized spacial score (nSPS) is 16.6. The molecule has 1 aliphatic rings. The Kier molecular flexibility index (Phi) is 2.71. The number of rotatable bonds is 2. The third-order valence-electron chi connectivity index (χ3n) is 2.97. The number of carbonyl (C=O) groups excluding carboxylic acids is 2. The highest BCUT2D eigenvalue weighted by Gasteiger charge is 2.52. The minimum atomic E-state index is -1.16. The maximum Gasteiger partial charge on any atom is 0.323 e. The summed E-state index contributed by atoms with van der Waals surface area (Å²) < 4.78 is 9.45. The molecule has 0 radical (unpaired) electrons. The van der Waals surface area contributed by atoms with E-state index in [0.717, 1.165) is 11.1 Å². The number of ether oxygens (including phenoxy) is 2. The van der Waals surface area contributed by atoms with Gasteiger partial charge in [-0.2, -0.15) is 11.3 Å². The van der Waals surface area contributed by atoms with Gasteiger partial charge in [-0.1, -0.05) is 0 Å². The van der Waals surface area contributed by atoms with Crippen LogP contribution in [0.15, 0.2) is 10.8 Å². The van der Waals surface area contributed by atoms with E-state index in [9.17, 15) is 9.59 Å². The van der Waals surface area contributed by atoms with Gasteiger partial charge in [0.05, 0.1) is 14.2 Å². The monoisotopic (exact) mass is 240 g/mol. The van der Waals surface area contributed by atoms with E-state index in [1.54, 1.807) is 11.3 Å². The van der Waals surface area contributed by atoms with Crippen LogP contribution in [-0.2, 0) is 31.9 Å². The molecular weight excluding hydrogens is 228 g/mol. The molecule has 0 amide bonds. The lowest BCUT2D eigenvalue weighted by Gasteiger charge is -2.22. The molecule has 86 valence electrons. The van der Waals surface area contributed by atoms with Crippen LogP contribution < -0.4 is 0 Å². The van der Waals surface area contributed by atoms with Crippen molar-refractivity contribution in [1.29, 1.82) is 0 Å². The minimum absolute atomic E-state index is 0.380. The highest BCUT2D eigenvalue weighted by atomic mass is 32.1. The maximum atomic E-state index is 11.8. The van der Waals surface area contributed by atoms with Crippen LogP contribution in [0, 0.1) is 5.41 Å². The molecule has 1 heterocycles. The van der Waals surface area contributed by atoms with Crippen LogP contribution in [0.1, 0.15) is 11.1 Å². The maximum absolute atomic E-state index is 11.8. The van der Waals surface area contributed by atoms with Crippen molar-refractivity contribution in [2.45, 2.75) is 12.8 Å². The molecule has 0 fully saturated rings. The quantitative estimate of drug-likeness (QED) is 0.575. The molecule has 0 N–H and O–H groups in total. The van der Waals surface area contributed by atoms with Crippen LogP contribution >= 0.6 is 11.3 Å². The lowest BCUT2D eigenvalue weighted by Crippen LogP contribution is -2.42. The predicted molar refractivity (Wildman–Crippen MR) is 58.2 cm³/mol. The SMILES string of the molecule is COC(=O)C1(C(=O)OC)Cc2cscc2C1. The molecule has 16 heavy (non-hydrogen) atoms. The summed E-state index contributed by atoms with van der Waals surface area (Å²) in [5, 5.41) is 3.92. The van der Waals surface area contributed by atoms with Gasteiger partial charge in [0.1, 0.15) is 0 Å². The fourth-order valence-corrected chi connectivity index (χ4v) is 3.00. The summed E-state index contributed by atoms with van der Waals surface area (Å²) in [6, 6.07) is 0. The van der Waals surface area contributed by atoms with Gasteiger partial charge < -0.3 is 9.47 Å². The summed E-state index contributed by atoms with van der Waals surface area (Å²) in [4.78, 5) is 23.6. The Labute approximate surface area is 97.2 Å². The molecule has 0 saturated carbocycles. The summed E-state index contributed by atoms with van der Waals surface area (Å²) in [7, 11) is 2.58. The van der Waals surface area contributed by atoms with E-state index < -0.39 is 17.4 Å². The number of esters is 2. The van der Waals surface area contributed by atoms with Gasteiger partial charge in [-0.05, 0) is 21.9 Å². The van der Waals surface area contributed by atoms with Crippen LogP contribution in [-0.4, -0.2) is 26.2 Å². The van der Waals surface area contributed by atoms with Crippen molar-refractivity contribution in [2.24, 2.45) is 5.41 Å². The van der Waals surface area contributed by atoms with Crippen molar-refractivity contribution in [3.05, 3.63) is 21.9 Å². The van der Waals surface area contributed by atoms with E-state index in [1.807, 2.05) is 10.8 Å². The Balaban J connectivity index is 2.37. The van der Waals surface area contributed by atoms with Crippen LogP contribution in [0.2, 0.25) is 0 Å². The van der Waals surface area contributed by atoms with Crippen LogP contribution in [0.5, 0.6) is 0 Å². The Morgan fingerprint density at radius 1 is 1.12 bits per heavy atom. The van der Waals surface area contributed by atoms with E-state index in [2.05, 4.69) is 0 Å². The Morgan fingerprint density at radius 3 is 1.94 bits per heavy atom. The second-order valence-electron chi connectivity index (χ2n) is 3.84. The van der Waals surface area contributed by atoms with Crippen molar-refractivity contribution < 1.29 is 19.1 Å². The molecule has 2 rings (SSSR count). The van der Waals surface area contributed by atoms with Crippen molar-refractivity contribution in [3.8, 4) is 0 Å². The molecule has 0 saturated heterocycles. The number of carbonyl (C=O) groups is 2. The molecule has 0 bridgehead atoms. The smallest absolute Gasteiger partial charge is 0.323 e. The first kappa shape index (κ1) is 11.1. The molecule has 0 unspecified atom stereocenters. The van der Waals surface area contributed by atoms with Crippen molar-refractivity contribution in [2.75, 3.05) is 14.2 Å². The van der Waals surface area contributed by atoms with Gasteiger partial charge in [0, 0.05) is 12.8 Å². The fraction of sp³-hybridized carbons (Fsp3) is 0.455. The predicted octanol–water partition coefficient (Wildman–Crippen LogP) is 1.18. The molecule has 5 heteroatoms. The van der Waals surface area contributed by atoms with E-state index >= 15 is 0 Å². The molecule has 4 nitrogen and oxygen atoms in total. The van der Waals surface area contributed by atoms with Crippen LogP contribution in [0.25, 0.3) is 0 Å².